The van der Waals surface area contributed by atoms with Gasteiger partial charge in [0.2, 0.25) is 11.8 Å². The van der Waals surface area contributed by atoms with E-state index in [1.54, 1.807) is 0 Å². The quantitative estimate of drug-likeness (QED) is 0.557. The second-order valence-electron chi connectivity index (χ2n) is 12.9. The lowest BCUT2D eigenvalue weighted by molar-refractivity contribution is -0.160. The molecule has 0 unspecified atom stereocenters. The number of hydrogen-bond acceptors (Lipinski definition) is 2. The van der Waals surface area contributed by atoms with Crippen molar-refractivity contribution in [1.82, 2.24) is 9.80 Å². The molecule has 0 atom stereocenters. The van der Waals surface area contributed by atoms with Gasteiger partial charge in [-0.3, -0.25) is 9.59 Å². The largest absolute Gasteiger partial charge is 0.332 e. The van der Waals surface area contributed by atoms with Crippen molar-refractivity contribution >= 4 is 11.8 Å². The van der Waals surface area contributed by atoms with Crippen molar-refractivity contribution in [2.45, 2.75) is 142 Å². The van der Waals surface area contributed by atoms with E-state index >= 15 is 0 Å². The highest BCUT2D eigenvalue weighted by Gasteiger charge is 2.49. The standard InChI is InChI=1S/C26H46N2O2/c1-23(2)15-9-16-24(3,4)27(23)21(29)19-11-13-20(14-12-19)22(30)28-25(5,6)17-10-18-26(28,7)8/h19-20H,9-18H2,1-8H3. The summed E-state index contributed by atoms with van der Waals surface area (Å²) in [6.07, 6.45) is 10.1. The molecule has 2 amide bonds. The van der Waals surface area contributed by atoms with Crippen molar-refractivity contribution in [3.05, 3.63) is 0 Å². The van der Waals surface area contributed by atoms with E-state index in [0.717, 1.165) is 51.4 Å². The maximum Gasteiger partial charge on any atom is 0.226 e. The number of likely N-dealkylation sites (tertiary alicyclic amines) is 2. The van der Waals surface area contributed by atoms with Gasteiger partial charge < -0.3 is 9.80 Å². The Balaban J connectivity index is 1.68. The molecular formula is C26H46N2O2. The van der Waals surface area contributed by atoms with Crippen LogP contribution < -0.4 is 0 Å². The van der Waals surface area contributed by atoms with Crippen molar-refractivity contribution in [3.8, 4) is 0 Å². The molecule has 1 aliphatic carbocycles. The van der Waals surface area contributed by atoms with E-state index in [4.69, 9.17) is 0 Å². The molecule has 0 spiro atoms. The monoisotopic (exact) mass is 418 g/mol. The Labute approximate surface area is 185 Å². The summed E-state index contributed by atoms with van der Waals surface area (Å²) in [5.74, 6) is 0.810. The van der Waals surface area contributed by atoms with E-state index in [1.807, 2.05) is 0 Å². The van der Waals surface area contributed by atoms with Crippen molar-refractivity contribution < 1.29 is 9.59 Å². The van der Waals surface area contributed by atoms with Crippen LogP contribution in [0.1, 0.15) is 120 Å². The number of piperidine rings is 2. The summed E-state index contributed by atoms with van der Waals surface area (Å²) in [6, 6.07) is 0. The summed E-state index contributed by atoms with van der Waals surface area (Å²) in [4.78, 5) is 31.6. The van der Waals surface area contributed by atoms with Crippen molar-refractivity contribution in [3.63, 3.8) is 0 Å². The zero-order chi connectivity index (χ0) is 22.5. The van der Waals surface area contributed by atoms with E-state index in [0.29, 0.717) is 11.8 Å². The first kappa shape index (κ1) is 23.6. The third kappa shape index (κ3) is 4.30. The fourth-order valence-electron chi connectivity index (χ4n) is 7.14. The molecule has 0 aromatic rings. The number of hydrogen-bond donors (Lipinski definition) is 0. The van der Waals surface area contributed by atoms with Gasteiger partial charge in [0.15, 0.2) is 0 Å². The Kier molecular flexibility index (Phi) is 6.15. The Morgan fingerprint density at radius 3 is 1.00 bits per heavy atom. The van der Waals surface area contributed by atoms with E-state index in [-0.39, 0.29) is 34.0 Å². The number of amides is 2. The maximum atomic E-state index is 13.6. The minimum Gasteiger partial charge on any atom is -0.332 e. The highest BCUT2D eigenvalue weighted by molar-refractivity contribution is 5.83. The van der Waals surface area contributed by atoms with Crippen LogP contribution in [0, 0.1) is 11.8 Å². The molecule has 1 saturated carbocycles. The van der Waals surface area contributed by atoms with Crippen LogP contribution in [-0.2, 0) is 9.59 Å². The van der Waals surface area contributed by atoms with Crippen molar-refractivity contribution in [1.29, 1.82) is 0 Å². The van der Waals surface area contributed by atoms with E-state index in [2.05, 4.69) is 65.2 Å². The molecule has 30 heavy (non-hydrogen) atoms. The smallest absolute Gasteiger partial charge is 0.226 e. The summed E-state index contributed by atoms with van der Waals surface area (Å²) < 4.78 is 0. The molecule has 4 heteroatoms. The SMILES string of the molecule is CC1(C)CCCC(C)(C)N1C(=O)C1CCC(C(=O)N2C(C)(C)CCCC2(C)C)CC1. The number of carbonyl (C=O) groups is 2. The minimum atomic E-state index is -0.0760. The van der Waals surface area contributed by atoms with Gasteiger partial charge in [0.25, 0.3) is 0 Å². The number of carbonyl (C=O) groups excluding carboxylic acids is 2. The minimum absolute atomic E-state index is 0.0760. The van der Waals surface area contributed by atoms with Crippen molar-refractivity contribution in [2.24, 2.45) is 11.8 Å². The molecule has 3 aliphatic rings. The average molecular weight is 419 g/mol. The molecule has 3 rings (SSSR count). The van der Waals surface area contributed by atoms with Gasteiger partial charge >= 0.3 is 0 Å². The fourth-order valence-corrected chi connectivity index (χ4v) is 7.14. The fraction of sp³-hybridized carbons (Fsp3) is 0.923. The maximum absolute atomic E-state index is 13.6. The molecule has 3 fully saturated rings. The first-order chi connectivity index (χ1) is 13.7. The normalized spacial score (nSPS) is 32.5. The van der Waals surface area contributed by atoms with Gasteiger partial charge in [0, 0.05) is 34.0 Å². The molecule has 2 saturated heterocycles. The van der Waals surface area contributed by atoms with Gasteiger partial charge in [-0.1, -0.05) is 0 Å². The van der Waals surface area contributed by atoms with Crippen LogP contribution in [0.25, 0.3) is 0 Å². The lowest BCUT2D eigenvalue weighted by atomic mass is 9.74. The molecule has 2 aliphatic heterocycles. The highest BCUT2D eigenvalue weighted by atomic mass is 16.2. The third-order valence-electron chi connectivity index (χ3n) is 8.44. The van der Waals surface area contributed by atoms with Gasteiger partial charge in [-0.15, -0.1) is 0 Å². The zero-order valence-corrected chi connectivity index (χ0v) is 20.9. The Bertz CT molecular complexity index is 579. The topological polar surface area (TPSA) is 40.6 Å². The molecule has 0 aromatic heterocycles. The van der Waals surface area contributed by atoms with Crippen LogP contribution in [0.15, 0.2) is 0 Å². The molecule has 0 radical (unpaired) electrons. The first-order valence-electron chi connectivity index (χ1n) is 12.4. The van der Waals surface area contributed by atoms with Crippen molar-refractivity contribution in [2.75, 3.05) is 0 Å². The average Bonchev–Trinajstić information content (AvgIpc) is 2.58. The molecule has 4 nitrogen and oxygen atoms in total. The van der Waals surface area contributed by atoms with E-state index in [9.17, 15) is 9.59 Å². The lowest BCUT2D eigenvalue weighted by Crippen LogP contribution is -2.63. The van der Waals surface area contributed by atoms with Gasteiger partial charge in [0.1, 0.15) is 0 Å². The second-order valence-corrected chi connectivity index (χ2v) is 12.9. The Hall–Kier alpha value is -1.06. The van der Waals surface area contributed by atoms with Crippen LogP contribution >= 0.6 is 0 Å². The van der Waals surface area contributed by atoms with E-state index < -0.39 is 0 Å². The third-order valence-corrected chi connectivity index (χ3v) is 8.44. The van der Waals surface area contributed by atoms with Gasteiger partial charge in [-0.25, -0.2) is 0 Å². The van der Waals surface area contributed by atoms with Crippen LogP contribution in [0.3, 0.4) is 0 Å². The second kappa shape index (κ2) is 7.81. The molecular weight excluding hydrogens is 372 g/mol. The summed E-state index contributed by atoms with van der Waals surface area (Å²) in [5.41, 5.74) is -0.304. The van der Waals surface area contributed by atoms with Gasteiger partial charge in [0.05, 0.1) is 0 Å². The predicted molar refractivity (Wildman–Crippen MR) is 123 cm³/mol. The van der Waals surface area contributed by atoms with Crippen LogP contribution in [0.5, 0.6) is 0 Å². The zero-order valence-electron chi connectivity index (χ0n) is 20.9. The lowest BCUT2D eigenvalue weighted by Gasteiger charge is -2.55. The summed E-state index contributed by atoms with van der Waals surface area (Å²) in [7, 11) is 0. The molecule has 172 valence electrons. The van der Waals surface area contributed by atoms with Gasteiger partial charge in [-0.05, 0) is 120 Å². The predicted octanol–water partition coefficient (Wildman–Crippen LogP) is 5.93. The summed E-state index contributed by atoms with van der Waals surface area (Å²) in [6.45, 7) is 17.8. The molecule has 0 bridgehead atoms. The van der Waals surface area contributed by atoms with Gasteiger partial charge in [-0.2, -0.15) is 0 Å². The van der Waals surface area contributed by atoms with Crippen LogP contribution in [0.4, 0.5) is 0 Å². The molecule has 2 heterocycles. The Morgan fingerprint density at radius 2 is 0.767 bits per heavy atom. The van der Waals surface area contributed by atoms with Crippen LogP contribution in [-0.4, -0.2) is 43.8 Å². The first-order valence-corrected chi connectivity index (χ1v) is 12.4. The highest BCUT2D eigenvalue weighted by Crippen LogP contribution is 2.44. The number of nitrogens with zero attached hydrogens (tertiary/aromatic N) is 2. The van der Waals surface area contributed by atoms with Crippen LogP contribution in [0.2, 0.25) is 0 Å². The van der Waals surface area contributed by atoms with E-state index in [1.165, 1.54) is 12.8 Å². The summed E-state index contributed by atoms with van der Waals surface area (Å²) >= 11 is 0. The molecule has 0 aromatic carbocycles. The summed E-state index contributed by atoms with van der Waals surface area (Å²) in [5, 5.41) is 0. The molecule has 0 N–H and O–H groups in total. The number of rotatable bonds is 2. The Morgan fingerprint density at radius 1 is 0.533 bits per heavy atom.